The monoisotopic (exact) mass is 972 g/mol. The van der Waals surface area contributed by atoms with E-state index in [2.05, 4.69) is 0 Å². The van der Waals surface area contributed by atoms with Crippen LogP contribution in [0, 0.1) is 0 Å². The second-order valence-corrected chi connectivity index (χ2v) is 18.0. The molecule has 12 heteroatoms. The maximum absolute atomic E-state index is 16.8. The molecular formula is C60H60O12. The van der Waals surface area contributed by atoms with Crippen molar-refractivity contribution in [3.63, 3.8) is 0 Å². The summed E-state index contributed by atoms with van der Waals surface area (Å²) < 4.78 is 19.6. The zero-order valence-corrected chi connectivity index (χ0v) is 41.3. The highest BCUT2D eigenvalue weighted by Crippen LogP contribution is 2.56. The Hall–Kier alpha value is -7.38. The minimum absolute atomic E-state index is 0.233. The molecule has 0 heterocycles. The maximum atomic E-state index is 16.8. The highest BCUT2D eigenvalue weighted by Gasteiger charge is 2.88. The number of benzene rings is 6. The molecule has 0 radical (unpaired) electrons. The summed E-state index contributed by atoms with van der Waals surface area (Å²) in [6, 6.07) is 35.1. The van der Waals surface area contributed by atoms with Gasteiger partial charge in [0.2, 0.25) is 17.3 Å². The molecule has 12 nitrogen and oxygen atoms in total. The lowest BCUT2D eigenvalue weighted by Gasteiger charge is -2.60. The first-order valence-corrected chi connectivity index (χ1v) is 24.5. The van der Waals surface area contributed by atoms with Gasteiger partial charge in [0.25, 0.3) is 16.8 Å². The molecular weight excluding hydrogens is 913 g/mol. The summed E-state index contributed by atoms with van der Waals surface area (Å²) in [5.41, 5.74) is -8.90. The Balaban J connectivity index is 1.72. The molecule has 72 heavy (non-hydrogen) atoms. The normalized spacial score (nSPS) is 21.5. The fraction of sp³-hybridized carbons (Fsp3) is 0.300. The average molecular weight is 973 g/mol. The van der Waals surface area contributed by atoms with E-state index in [9.17, 15) is 15.3 Å². The van der Waals surface area contributed by atoms with Gasteiger partial charge in [-0.25, -0.2) is 14.4 Å². The molecule has 2 unspecified atom stereocenters. The molecule has 0 aromatic heterocycles. The zero-order chi connectivity index (χ0) is 52.0. The summed E-state index contributed by atoms with van der Waals surface area (Å²) in [5.74, 6) is -8.66. The number of ether oxygens (including phenoxy) is 3. The van der Waals surface area contributed by atoms with Gasteiger partial charge in [-0.1, -0.05) is 151 Å². The van der Waals surface area contributed by atoms with Crippen LogP contribution >= 0.6 is 0 Å². The van der Waals surface area contributed by atoms with Gasteiger partial charge in [0, 0.05) is 16.7 Å². The van der Waals surface area contributed by atoms with Crippen LogP contribution in [0.2, 0.25) is 0 Å². The molecule has 1 saturated carbocycles. The van der Waals surface area contributed by atoms with Crippen molar-refractivity contribution in [3.8, 4) is 0 Å². The van der Waals surface area contributed by atoms with Crippen LogP contribution in [0.3, 0.4) is 0 Å². The Morgan fingerprint density at radius 1 is 0.333 bits per heavy atom. The third kappa shape index (κ3) is 9.33. The number of carbonyl (C=O) groups is 6. The largest absolute Gasteiger partial charge is 0.439 e. The maximum Gasteiger partial charge on any atom is 0.339 e. The molecule has 0 spiro atoms. The van der Waals surface area contributed by atoms with Crippen molar-refractivity contribution >= 4 is 35.3 Å². The number of Topliss-reactive ketones (excluding diaryl/α,β-unsaturated/α-hetero) is 3. The highest BCUT2D eigenvalue weighted by atomic mass is 16.7. The second kappa shape index (κ2) is 21.9. The van der Waals surface area contributed by atoms with Crippen molar-refractivity contribution in [2.75, 3.05) is 0 Å². The Kier molecular flexibility index (Phi) is 16.0. The van der Waals surface area contributed by atoms with Crippen LogP contribution in [0.1, 0.15) is 137 Å². The Bertz CT molecular complexity index is 2780. The fourth-order valence-electron chi connectivity index (χ4n) is 9.37. The summed E-state index contributed by atoms with van der Waals surface area (Å²) >= 11 is 0. The summed E-state index contributed by atoms with van der Waals surface area (Å²) in [7, 11) is 0. The summed E-state index contributed by atoms with van der Waals surface area (Å²) in [5, 5.41) is 38.8. The third-order valence-corrected chi connectivity index (χ3v) is 13.9. The van der Waals surface area contributed by atoms with E-state index < -0.39 is 75.9 Å². The number of aliphatic hydroxyl groups is 3. The lowest BCUT2D eigenvalue weighted by Crippen LogP contribution is -2.91. The van der Waals surface area contributed by atoms with Gasteiger partial charge < -0.3 is 29.5 Å². The van der Waals surface area contributed by atoms with E-state index in [1.165, 1.54) is 72.8 Å². The molecule has 0 bridgehead atoms. The van der Waals surface area contributed by atoms with Gasteiger partial charge in [-0.2, -0.15) is 0 Å². The molecule has 372 valence electrons. The minimum Gasteiger partial charge on any atom is -0.439 e. The van der Waals surface area contributed by atoms with Crippen molar-refractivity contribution in [2.45, 2.75) is 115 Å². The standard InChI is InChI=1S/C60H60O12/c1-7-37-13-25-43(26-14-37)50(62)58(70-55(67)46-31-19-40(10-4)20-32-46)53(65)49(61)54(66)59(51(63)44-27-15-38(8-2)16-28-44,71-56(68)47-33-21-41(11-5)22-34-47)60(58,52(64)45-29-17-39(9-3)18-30-45)72-57(69)48-35-23-42(12-6)24-36-48/h13-36,49,53-54,61,65-66H,7-12H2,1-6H3/t49?,53-,54+,58+,59-,60?. The number of aliphatic hydroxyl groups excluding tert-OH is 3. The van der Waals surface area contributed by atoms with E-state index in [-0.39, 0.29) is 27.8 Å². The van der Waals surface area contributed by atoms with Crippen LogP contribution in [0.4, 0.5) is 0 Å². The number of rotatable bonds is 18. The van der Waals surface area contributed by atoms with Gasteiger partial charge in [-0.15, -0.1) is 0 Å². The van der Waals surface area contributed by atoms with Crippen molar-refractivity contribution in [2.24, 2.45) is 0 Å². The quantitative estimate of drug-likeness (QED) is 0.0422. The number of carbonyl (C=O) groups excluding carboxylic acids is 6. The topological polar surface area (TPSA) is 191 Å². The highest BCUT2D eigenvalue weighted by molar-refractivity contribution is 6.21. The molecule has 0 amide bonds. The summed E-state index contributed by atoms with van der Waals surface area (Å²) in [4.78, 5) is 95.5. The average Bonchev–Trinajstić information content (AvgIpc) is 3.43. The lowest BCUT2D eigenvalue weighted by molar-refractivity contribution is -0.293. The third-order valence-electron chi connectivity index (χ3n) is 13.9. The van der Waals surface area contributed by atoms with Gasteiger partial charge in [-0.3, -0.25) is 14.4 Å². The molecule has 0 aliphatic heterocycles. The van der Waals surface area contributed by atoms with Crippen molar-refractivity contribution in [1.29, 1.82) is 0 Å². The lowest BCUT2D eigenvalue weighted by atomic mass is 9.52. The zero-order valence-electron chi connectivity index (χ0n) is 41.3. The van der Waals surface area contributed by atoms with E-state index in [0.29, 0.717) is 44.1 Å². The van der Waals surface area contributed by atoms with Gasteiger partial charge in [-0.05, 0) is 108 Å². The number of hydrogen-bond donors (Lipinski definition) is 3. The molecule has 7 rings (SSSR count). The van der Waals surface area contributed by atoms with Gasteiger partial charge in [0.15, 0.2) is 0 Å². The number of aryl methyl sites for hydroxylation is 6. The van der Waals surface area contributed by atoms with Gasteiger partial charge in [0.1, 0.15) is 18.3 Å². The van der Waals surface area contributed by atoms with E-state index in [1.807, 2.05) is 41.5 Å². The van der Waals surface area contributed by atoms with Crippen LogP contribution in [0.5, 0.6) is 0 Å². The van der Waals surface area contributed by atoms with Crippen LogP contribution in [0.15, 0.2) is 146 Å². The first-order chi connectivity index (χ1) is 34.6. The van der Waals surface area contributed by atoms with Crippen molar-refractivity contribution in [3.05, 3.63) is 212 Å². The van der Waals surface area contributed by atoms with E-state index in [4.69, 9.17) is 14.2 Å². The first kappa shape index (κ1) is 52.4. The number of ketones is 3. The Labute approximate surface area is 419 Å². The van der Waals surface area contributed by atoms with E-state index in [0.717, 1.165) is 27.8 Å². The molecule has 6 aromatic carbocycles. The predicted molar refractivity (Wildman–Crippen MR) is 270 cm³/mol. The van der Waals surface area contributed by atoms with Crippen LogP contribution in [-0.2, 0) is 52.7 Å². The first-order valence-electron chi connectivity index (χ1n) is 24.5. The molecule has 6 atom stereocenters. The van der Waals surface area contributed by atoms with E-state index >= 15 is 28.8 Å². The van der Waals surface area contributed by atoms with Crippen LogP contribution in [-0.4, -0.2) is 85.7 Å². The smallest absolute Gasteiger partial charge is 0.339 e. The molecule has 1 fully saturated rings. The summed E-state index contributed by atoms with van der Waals surface area (Å²) in [6.45, 7) is 11.2. The number of hydrogen-bond acceptors (Lipinski definition) is 12. The minimum atomic E-state index is -3.98. The van der Waals surface area contributed by atoms with Crippen molar-refractivity contribution in [1.82, 2.24) is 0 Å². The van der Waals surface area contributed by atoms with Gasteiger partial charge in [0.05, 0.1) is 16.7 Å². The predicted octanol–water partition coefficient (Wildman–Crippen LogP) is 8.89. The number of esters is 3. The molecule has 1 aliphatic rings. The molecule has 0 saturated heterocycles. The van der Waals surface area contributed by atoms with Crippen molar-refractivity contribution < 1.29 is 58.3 Å². The van der Waals surface area contributed by atoms with Crippen LogP contribution in [0.25, 0.3) is 0 Å². The Morgan fingerprint density at radius 2 is 0.542 bits per heavy atom. The molecule has 1 aliphatic carbocycles. The second-order valence-electron chi connectivity index (χ2n) is 18.0. The fourth-order valence-corrected chi connectivity index (χ4v) is 9.37. The summed E-state index contributed by atoms with van der Waals surface area (Å²) in [6.07, 6.45) is -5.46. The molecule has 3 N–H and O–H groups in total. The van der Waals surface area contributed by atoms with Crippen LogP contribution < -0.4 is 0 Å². The van der Waals surface area contributed by atoms with Gasteiger partial charge >= 0.3 is 17.9 Å². The molecule has 6 aromatic rings. The Morgan fingerprint density at radius 3 is 0.778 bits per heavy atom. The van der Waals surface area contributed by atoms with E-state index in [1.54, 1.807) is 72.8 Å². The SMILES string of the molecule is CCc1ccc(C(=O)OC2(C(=O)c3ccc(CC)cc3)[C@@](OC(=O)c3ccc(CC)cc3)(C(=O)c3ccc(CC)cc3)[C@@H](O)C(O)[C@@H](O)[C@@]2(OC(=O)c2ccc(CC)cc2)C(=O)c2ccc(CC)cc2)cc1.